The van der Waals surface area contributed by atoms with Crippen LogP contribution in [0, 0.1) is 0 Å². The van der Waals surface area contributed by atoms with Crippen molar-refractivity contribution in [2.24, 2.45) is 5.73 Å². The molecule has 1 aromatic carbocycles. The topological polar surface area (TPSA) is 134 Å². The number of hydrogen-bond acceptors (Lipinski definition) is 6. The van der Waals surface area contributed by atoms with Crippen LogP contribution in [0.15, 0.2) is 29.2 Å². The van der Waals surface area contributed by atoms with Crippen molar-refractivity contribution in [3.8, 4) is 0 Å². The number of carbonyl (C=O) groups excluding carboxylic acids is 1. The second kappa shape index (κ2) is 8.72. The summed E-state index contributed by atoms with van der Waals surface area (Å²) < 4.78 is 26.6. The number of carbonyl (C=O) groups is 1. The predicted molar refractivity (Wildman–Crippen MR) is 94.7 cm³/mol. The van der Waals surface area contributed by atoms with Gasteiger partial charge in [-0.3, -0.25) is 4.79 Å². The van der Waals surface area contributed by atoms with Crippen molar-refractivity contribution < 1.29 is 18.3 Å². The van der Waals surface area contributed by atoms with Gasteiger partial charge in [0.15, 0.2) is 0 Å². The zero-order chi connectivity index (χ0) is 18.3. The Balaban J connectivity index is 1.93. The Morgan fingerprint density at radius 3 is 2.64 bits per heavy atom. The third kappa shape index (κ3) is 5.75. The Kier molecular flexibility index (Phi) is 6.91. The second-order valence-corrected chi connectivity index (χ2v) is 8.02. The summed E-state index contributed by atoms with van der Waals surface area (Å²) in [7, 11) is -3.60. The second-order valence-electron chi connectivity index (χ2n) is 6.25. The minimum absolute atomic E-state index is 0.0937. The van der Waals surface area contributed by atoms with Crippen molar-refractivity contribution in [1.82, 2.24) is 15.4 Å². The molecular weight excluding hydrogens is 344 g/mol. The molecule has 2 rings (SSSR count). The van der Waals surface area contributed by atoms with E-state index in [0.29, 0.717) is 31.5 Å². The van der Waals surface area contributed by atoms with Crippen molar-refractivity contribution in [2.75, 3.05) is 32.7 Å². The molecule has 1 aliphatic heterocycles. The van der Waals surface area contributed by atoms with Crippen LogP contribution >= 0.6 is 0 Å². The Labute approximate surface area is 148 Å². The van der Waals surface area contributed by atoms with Gasteiger partial charge in [0.05, 0.1) is 10.5 Å². The number of amides is 1. The van der Waals surface area contributed by atoms with Crippen LogP contribution < -0.4 is 21.1 Å². The maximum atomic E-state index is 12.2. The smallest absolute Gasteiger partial charge is 0.251 e. The molecule has 0 bridgehead atoms. The first-order valence-electron chi connectivity index (χ1n) is 8.37. The Morgan fingerprint density at radius 2 is 2.04 bits per heavy atom. The Bertz CT molecular complexity index is 670. The number of aliphatic hydroxyl groups is 1. The SMILES string of the molecule is NCCCNS(=O)(=O)c1ccc(C(=O)NCC2(O)CCCNC2)cc1. The van der Waals surface area contributed by atoms with E-state index in [1.165, 1.54) is 24.3 Å². The van der Waals surface area contributed by atoms with Gasteiger partial charge in [0.2, 0.25) is 10.0 Å². The summed E-state index contributed by atoms with van der Waals surface area (Å²) in [6.45, 7) is 2.14. The third-order valence-corrected chi connectivity index (χ3v) is 5.60. The lowest BCUT2D eigenvalue weighted by Crippen LogP contribution is -2.52. The van der Waals surface area contributed by atoms with Gasteiger partial charge in [-0.2, -0.15) is 0 Å². The van der Waals surface area contributed by atoms with E-state index in [1.807, 2.05) is 0 Å². The molecule has 0 spiro atoms. The molecule has 1 aliphatic rings. The van der Waals surface area contributed by atoms with Crippen molar-refractivity contribution >= 4 is 15.9 Å². The molecule has 6 N–H and O–H groups in total. The number of piperidine rings is 1. The van der Waals surface area contributed by atoms with E-state index in [1.54, 1.807) is 0 Å². The highest BCUT2D eigenvalue weighted by Crippen LogP contribution is 2.15. The van der Waals surface area contributed by atoms with Gasteiger partial charge >= 0.3 is 0 Å². The standard InChI is InChI=1S/C16H26N4O4S/c17-8-2-10-20-25(23,24)14-5-3-13(4-6-14)15(21)19-12-16(22)7-1-9-18-11-16/h3-6,18,20,22H,1-2,7-12,17H2,(H,19,21). The Hall–Kier alpha value is -1.52. The van der Waals surface area contributed by atoms with Gasteiger partial charge < -0.3 is 21.5 Å². The summed E-state index contributed by atoms with van der Waals surface area (Å²) in [4.78, 5) is 12.3. The normalized spacial score (nSPS) is 21.0. The highest BCUT2D eigenvalue weighted by molar-refractivity contribution is 7.89. The minimum Gasteiger partial charge on any atom is -0.387 e. The van der Waals surface area contributed by atoms with Crippen LogP contribution in [-0.2, 0) is 10.0 Å². The van der Waals surface area contributed by atoms with E-state index in [-0.39, 0.29) is 23.9 Å². The number of β-amino-alcohol motifs (C(OH)–C–C–N with tert-alkyl or cyclic N) is 1. The Morgan fingerprint density at radius 1 is 1.32 bits per heavy atom. The summed E-state index contributed by atoms with van der Waals surface area (Å²) in [5, 5.41) is 16.1. The average Bonchev–Trinajstić information content (AvgIpc) is 2.61. The summed E-state index contributed by atoms with van der Waals surface area (Å²) in [6.07, 6.45) is 2.04. The molecule has 1 unspecified atom stereocenters. The minimum atomic E-state index is -3.60. The first kappa shape index (κ1) is 19.8. The molecule has 1 aromatic rings. The molecule has 0 radical (unpaired) electrons. The van der Waals surface area contributed by atoms with Crippen molar-refractivity contribution in [3.05, 3.63) is 29.8 Å². The highest BCUT2D eigenvalue weighted by atomic mass is 32.2. The summed E-state index contributed by atoms with van der Waals surface area (Å²) in [6, 6.07) is 5.68. The van der Waals surface area contributed by atoms with Crippen LogP contribution in [0.3, 0.4) is 0 Å². The first-order chi connectivity index (χ1) is 11.9. The molecule has 140 valence electrons. The molecule has 1 atom stereocenters. The van der Waals surface area contributed by atoms with Crippen molar-refractivity contribution in [3.63, 3.8) is 0 Å². The molecule has 8 nitrogen and oxygen atoms in total. The fourth-order valence-electron chi connectivity index (χ4n) is 2.63. The lowest BCUT2D eigenvalue weighted by molar-refractivity contribution is 0.0170. The maximum Gasteiger partial charge on any atom is 0.251 e. The van der Waals surface area contributed by atoms with Gasteiger partial charge in [-0.15, -0.1) is 0 Å². The van der Waals surface area contributed by atoms with E-state index in [4.69, 9.17) is 5.73 Å². The van der Waals surface area contributed by atoms with Crippen molar-refractivity contribution in [2.45, 2.75) is 29.8 Å². The monoisotopic (exact) mass is 370 g/mol. The first-order valence-corrected chi connectivity index (χ1v) is 9.86. The summed E-state index contributed by atoms with van der Waals surface area (Å²) in [5.74, 6) is -0.348. The predicted octanol–water partition coefficient (Wildman–Crippen LogP) is -0.842. The van der Waals surface area contributed by atoms with Crippen molar-refractivity contribution in [1.29, 1.82) is 0 Å². The van der Waals surface area contributed by atoms with E-state index < -0.39 is 15.6 Å². The van der Waals surface area contributed by atoms with Crippen LogP contribution in [0.1, 0.15) is 29.6 Å². The molecule has 1 fully saturated rings. The molecule has 25 heavy (non-hydrogen) atoms. The van der Waals surface area contributed by atoms with Crippen LogP contribution in [0.25, 0.3) is 0 Å². The zero-order valence-corrected chi connectivity index (χ0v) is 14.9. The zero-order valence-electron chi connectivity index (χ0n) is 14.1. The van der Waals surface area contributed by atoms with E-state index in [9.17, 15) is 18.3 Å². The van der Waals surface area contributed by atoms with Gasteiger partial charge in [-0.1, -0.05) is 0 Å². The molecule has 0 aromatic heterocycles. The van der Waals surface area contributed by atoms with Crippen LogP contribution in [-0.4, -0.2) is 57.8 Å². The highest BCUT2D eigenvalue weighted by Gasteiger charge is 2.29. The van der Waals surface area contributed by atoms with Gasteiger partial charge in [0.1, 0.15) is 0 Å². The van der Waals surface area contributed by atoms with Gasteiger partial charge in [0.25, 0.3) is 5.91 Å². The van der Waals surface area contributed by atoms with Crippen LogP contribution in [0.2, 0.25) is 0 Å². The largest absolute Gasteiger partial charge is 0.387 e. The van der Waals surface area contributed by atoms with Gasteiger partial charge in [0, 0.05) is 25.2 Å². The number of nitrogens with two attached hydrogens (primary N) is 1. The average molecular weight is 370 g/mol. The molecule has 0 saturated carbocycles. The van der Waals surface area contributed by atoms with Gasteiger partial charge in [-0.25, -0.2) is 13.1 Å². The number of nitrogens with one attached hydrogen (secondary N) is 3. The number of benzene rings is 1. The quantitative estimate of drug-likeness (QED) is 0.379. The lowest BCUT2D eigenvalue weighted by Gasteiger charge is -2.32. The molecule has 1 heterocycles. The number of hydrogen-bond donors (Lipinski definition) is 5. The van der Waals surface area contributed by atoms with E-state index in [2.05, 4.69) is 15.4 Å². The van der Waals surface area contributed by atoms with Gasteiger partial charge in [-0.05, 0) is 56.6 Å². The summed E-state index contributed by atoms with van der Waals surface area (Å²) >= 11 is 0. The number of sulfonamides is 1. The molecule has 0 aliphatic carbocycles. The molecule has 1 saturated heterocycles. The molecule has 9 heteroatoms. The fraction of sp³-hybridized carbons (Fsp3) is 0.562. The molecule has 1 amide bonds. The number of rotatable bonds is 8. The molecular formula is C16H26N4O4S. The van der Waals surface area contributed by atoms with E-state index >= 15 is 0 Å². The third-order valence-electron chi connectivity index (χ3n) is 4.13. The van der Waals surface area contributed by atoms with E-state index in [0.717, 1.165) is 13.0 Å². The maximum absolute atomic E-state index is 12.2. The lowest BCUT2D eigenvalue weighted by atomic mass is 9.94. The van der Waals surface area contributed by atoms with Crippen LogP contribution in [0.4, 0.5) is 0 Å². The fourth-order valence-corrected chi connectivity index (χ4v) is 3.70. The van der Waals surface area contributed by atoms with Crippen LogP contribution in [0.5, 0.6) is 0 Å². The summed E-state index contributed by atoms with van der Waals surface area (Å²) in [5.41, 5.74) is 4.74.